The molecule has 0 saturated heterocycles. The van der Waals surface area contributed by atoms with Crippen molar-refractivity contribution in [1.29, 1.82) is 0 Å². The van der Waals surface area contributed by atoms with Crippen molar-refractivity contribution in [2.45, 2.75) is 19.4 Å². The van der Waals surface area contributed by atoms with E-state index in [1.54, 1.807) is 13.4 Å². The molecule has 0 fully saturated rings. The molecule has 1 atom stereocenters. The van der Waals surface area contributed by atoms with Crippen molar-refractivity contribution in [3.05, 3.63) is 30.1 Å². The van der Waals surface area contributed by atoms with Gasteiger partial charge in [0.1, 0.15) is 12.1 Å². The Morgan fingerprint density at radius 1 is 1.37 bits per heavy atom. The molecular formula is C14H19N3O2. The predicted molar refractivity (Wildman–Crippen MR) is 75.3 cm³/mol. The highest BCUT2D eigenvalue weighted by molar-refractivity contribution is 5.89. The van der Waals surface area contributed by atoms with Crippen LogP contribution in [-0.4, -0.2) is 41.4 Å². The number of methoxy groups -OCH3 is 1. The summed E-state index contributed by atoms with van der Waals surface area (Å²) in [5.74, 6) is 0.804. The van der Waals surface area contributed by atoms with Gasteiger partial charge in [-0.1, -0.05) is 11.6 Å². The minimum absolute atomic E-state index is 0.352. The number of nitrogens with zero attached hydrogens (tertiary/aromatic N) is 2. The number of ether oxygens (including phenoxy) is 1. The summed E-state index contributed by atoms with van der Waals surface area (Å²) in [4.78, 5) is 8.49. The molecule has 0 aliphatic rings. The number of anilines is 1. The Balaban J connectivity index is 2.06. The van der Waals surface area contributed by atoms with Crippen molar-refractivity contribution in [2.24, 2.45) is 0 Å². The summed E-state index contributed by atoms with van der Waals surface area (Å²) >= 11 is 0. The van der Waals surface area contributed by atoms with Gasteiger partial charge < -0.3 is 15.2 Å². The quantitative estimate of drug-likeness (QED) is 0.829. The van der Waals surface area contributed by atoms with Gasteiger partial charge in [0.25, 0.3) is 0 Å². The lowest BCUT2D eigenvalue weighted by molar-refractivity contribution is 0.0615. The Hall–Kier alpha value is -1.72. The first-order valence-electron chi connectivity index (χ1n) is 6.33. The van der Waals surface area contributed by atoms with Gasteiger partial charge in [-0.15, -0.1) is 0 Å². The van der Waals surface area contributed by atoms with E-state index in [-0.39, 0.29) is 0 Å². The third-order valence-electron chi connectivity index (χ3n) is 2.92. The zero-order valence-corrected chi connectivity index (χ0v) is 11.3. The maximum absolute atomic E-state index is 9.59. The topological polar surface area (TPSA) is 67.3 Å². The van der Waals surface area contributed by atoms with E-state index in [9.17, 15) is 5.11 Å². The smallest absolute Gasteiger partial charge is 0.137 e. The lowest BCUT2D eigenvalue weighted by Gasteiger charge is -2.11. The summed E-state index contributed by atoms with van der Waals surface area (Å²) in [6.07, 6.45) is 1.71. The van der Waals surface area contributed by atoms with Crippen LogP contribution in [0.15, 0.2) is 24.5 Å². The minimum atomic E-state index is -0.452. The zero-order valence-electron chi connectivity index (χ0n) is 11.3. The van der Waals surface area contributed by atoms with E-state index in [2.05, 4.69) is 21.4 Å². The Bertz CT molecular complexity index is 545. The van der Waals surface area contributed by atoms with Gasteiger partial charge in [0, 0.05) is 19.0 Å². The van der Waals surface area contributed by atoms with Crippen LogP contribution >= 0.6 is 0 Å². The van der Waals surface area contributed by atoms with Crippen molar-refractivity contribution in [3.63, 3.8) is 0 Å². The molecule has 0 bridgehead atoms. The van der Waals surface area contributed by atoms with Gasteiger partial charge in [-0.25, -0.2) is 9.97 Å². The molecule has 0 spiro atoms. The molecule has 0 aliphatic heterocycles. The molecule has 102 valence electrons. The van der Waals surface area contributed by atoms with Crippen LogP contribution in [0.3, 0.4) is 0 Å². The van der Waals surface area contributed by atoms with E-state index < -0.39 is 6.10 Å². The average Bonchev–Trinajstić information content (AvgIpc) is 2.39. The lowest BCUT2D eigenvalue weighted by atomic mass is 10.1. The second-order valence-electron chi connectivity index (χ2n) is 4.57. The van der Waals surface area contributed by atoms with Crippen LogP contribution in [0.1, 0.15) is 12.0 Å². The molecule has 5 nitrogen and oxygen atoms in total. The second-order valence-corrected chi connectivity index (χ2v) is 4.57. The molecule has 0 radical (unpaired) electrons. The molecule has 2 aromatic rings. The summed E-state index contributed by atoms with van der Waals surface area (Å²) in [6, 6.07) is 6.07. The number of fused-ring (bicyclic) bond motifs is 1. The number of nitrogens with one attached hydrogen (secondary N) is 1. The molecule has 2 N–H and O–H groups in total. The third-order valence-corrected chi connectivity index (χ3v) is 2.92. The predicted octanol–water partition coefficient (Wildman–Crippen LogP) is 1.75. The number of hydrogen-bond acceptors (Lipinski definition) is 5. The molecule has 1 unspecified atom stereocenters. The first-order chi connectivity index (χ1) is 9.20. The first kappa shape index (κ1) is 13.7. The molecule has 1 aromatic heterocycles. The van der Waals surface area contributed by atoms with Crippen molar-refractivity contribution >= 4 is 16.7 Å². The Kier molecular flexibility index (Phi) is 4.65. The van der Waals surface area contributed by atoms with Gasteiger partial charge >= 0.3 is 0 Å². The normalized spacial score (nSPS) is 12.6. The minimum Gasteiger partial charge on any atom is -0.391 e. The van der Waals surface area contributed by atoms with Crippen LogP contribution in [0, 0.1) is 6.92 Å². The molecule has 0 amide bonds. The Morgan fingerprint density at radius 3 is 3.00 bits per heavy atom. The lowest BCUT2D eigenvalue weighted by Crippen LogP contribution is -2.18. The largest absolute Gasteiger partial charge is 0.391 e. The molecule has 5 heteroatoms. The molecule has 1 heterocycles. The Morgan fingerprint density at radius 2 is 2.21 bits per heavy atom. The van der Waals surface area contributed by atoms with Gasteiger partial charge in [0.15, 0.2) is 0 Å². The number of aromatic nitrogens is 2. The third kappa shape index (κ3) is 3.62. The number of benzene rings is 1. The summed E-state index contributed by atoms with van der Waals surface area (Å²) in [5, 5.41) is 13.8. The van der Waals surface area contributed by atoms with Crippen LogP contribution in [-0.2, 0) is 4.74 Å². The average molecular weight is 261 g/mol. The number of aryl methyl sites for hydroxylation is 1. The van der Waals surface area contributed by atoms with Gasteiger partial charge in [0.05, 0.1) is 18.2 Å². The molecule has 0 saturated carbocycles. The Labute approximate surface area is 112 Å². The highest BCUT2D eigenvalue weighted by Crippen LogP contribution is 2.20. The number of hydrogen-bond donors (Lipinski definition) is 2. The fourth-order valence-electron chi connectivity index (χ4n) is 1.94. The molecule has 19 heavy (non-hydrogen) atoms. The number of rotatable bonds is 6. The molecule has 0 aliphatic carbocycles. The van der Waals surface area contributed by atoms with Gasteiger partial charge in [-0.3, -0.25) is 0 Å². The highest BCUT2D eigenvalue weighted by Gasteiger charge is 2.06. The van der Waals surface area contributed by atoms with E-state index in [0.717, 1.165) is 16.7 Å². The molecular weight excluding hydrogens is 242 g/mol. The molecule has 1 aromatic carbocycles. The van der Waals surface area contributed by atoms with E-state index in [1.807, 2.05) is 19.1 Å². The van der Waals surface area contributed by atoms with Crippen LogP contribution in [0.4, 0.5) is 5.82 Å². The number of aliphatic hydroxyl groups excluding tert-OH is 1. The van der Waals surface area contributed by atoms with Crippen LogP contribution in [0.2, 0.25) is 0 Å². The fourth-order valence-corrected chi connectivity index (χ4v) is 1.94. The first-order valence-corrected chi connectivity index (χ1v) is 6.33. The maximum atomic E-state index is 9.59. The van der Waals surface area contributed by atoms with Crippen molar-refractivity contribution in [1.82, 2.24) is 9.97 Å². The summed E-state index contributed by atoms with van der Waals surface area (Å²) in [7, 11) is 1.58. The zero-order chi connectivity index (χ0) is 13.7. The monoisotopic (exact) mass is 261 g/mol. The SMILES string of the molecule is COCC(O)CCNc1ncnc2ccc(C)cc12. The van der Waals surface area contributed by atoms with E-state index in [0.29, 0.717) is 19.6 Å². The van der Waals surface area contributed by atoms with E-state index in [4.69, 9.17) is 4.74 Å². The van der Waals surface area contributed by atoms with Crippen molar-refractivity contribution in [2.75, 3.05) is 25.6 Å². The highest BCUT2D eigenvalue weighted by atomic mass is 16.5. The van der Waals surface area contributed by atoms with E-state index in [1.165, 1.54) is 5.56 Å². The summed E-state index contributed by atoms with van der Waals surface area (Å²) in [5.41, 5.74) is 2.09. The van der Waals surface area contributed by atoms with Crippen LogP contribution in [0.25, 0.3) is 10.9 Å². The van der Waals surface area contributed by atoms with Crippen LogP contribution < -0.4 is 5.32 Å². The standard InChI is InChI=1S/C14H19N3O2/c1-10-3-4-13-12(7-10)14(17-9-16-13)15-6-5-11(18)8-19-2/h3-4,7,9,11,18H,5-6,8H2,1-2H3,(H,15,16,17). The fraction of sp³-hybridized carbons (Fsp3) is 0.429. The van der Waals surface area contributed by atoms with Gasteiger partial charge in [-0.05, 0) is 25.5 Å². The summed E-state index contributed by atoms with van der Waals surface area (Å²) < 4.78 is 4.89. The van der Waals surface area contributed by atoms with Crippen LogP contribution in [0.5, 0.6) is 0 Å². The second kappa shape index (κ2) is 6.45. The molecule has 2 rings (SSSR count). The maximum Gasteiger partial charge on any atom is 0.137 e. The van der Waals surface area contributed by atoms with Crippen molar-refractivity contribution in [3.8, 4) is 0 Å². The van der Waals surface area contributed by atoms with Gasteiger partial charge in [-0.2, -0.15) is 0 Å². The number of aliphatic hydroxyl groups is 1. The van der Waals surface area contributed by atoms with Crippen molar-refractivity contribution < 1.29 is 9.84 Å². The van der Waals surface area contributed by atoms with Gasteiger partial charge in [0.2, 0.25) is 0 Å². The summed E-state index contributed by atoms with van der Waals surface area (Å²) in [6.45, 7) is 3.04. The van der Waals surface area contributed by atoms with E-state index >= 15 is 0 Å².